The van der Waals surface area contributed by atoms with Gasteiger partial charge in [-0.2, -0.15) is 5.10 Å². The van der Waals surface area contributed by atoms with Crippen LogP contribution in [0.5, 0.6) is 0 Å². The molecule has 0 aliphatic carbocycles. The second-order valence-corrected chi connectivity index (χ2v) is 5.18. The minimum absolute atomic E-state index is 0.0176. The normalized spacial score (nSPS) is 10.7. The minimum atomic E-state index is -0.436. The van der Waals surface area contributed by atoms with Gasteiger partial charge < -0.3 is 10.2 Å². The van der Waals surface area contributed by atoms with E-state index in [4.69, 9.17) is 0 Å². The average Bonchev–Trinajstić information content (AvgIpc) is 2.38. The molecule has 0 saturated heterocycles. The summed E-state index contributed by atoms with van der Waals surface area (Å²) in [6.07, 6.45) is 1.31. The van der Waals surface area contributed by atoms with Crippen LogP contribution < -0.4 is 15.6 Å². The molecule has 0 heterocycles. The maximum absolute atomic E-state index is 11.5. The third kappa shape index (κ3) is 6.56. The van der Waals surface area contributed by atoms with Gasteiger partial charge in [-0.05, 0) is 31.5 Å². The number of hydrogen-bond acceptors (Lipinski definition) is 4. The molecule has 0 bridgehead atoms. The van der Waals surface area contributed by atoms with Crippen LogP contribution in [0.25, 0.3) is 0 Å². The number of anilines is 1. The Morgan fingerprint density at radius 3 is 2.33 bits per heavy atom. The summed E-state index contributed by atoms with van der Waals surface area (Å²) in [5.74, 6) is -0.748. The van der Waals surface area contributed by atoms with Crippen LogP contribution in [0.3, 0.4) is 0 Å². The van der Waals surface area contributed by atoms with Crippen LogP contribution in [0.15, 0.2) is 29.4 Å². The van der Waals surface area contributed by atoms with E-state index in [1.54, 1.807) is 0 Å². The van der Waals surface area contributed by atoms with Crippen molar-refractivity contribution in [2.45, 2.75) is 26.3 Å². The molecular formula is C15H22N4O2. The molecule has 0 spiro atoms. The molecule has 0 fully saturated rings. The number of carbonyl (C=O) groups excluding carboxylic acids is 2. The molecule has 0 radical (unpaired) electrons. The SMILES string of the molecule is CC(C)NC(=O)CC(=O)N/N=C\c1ccc(N(C)C)cc1. The van der Waals surface area contributed by atoms with E-state index in [0.29, 0.717) is 0 Å². The van der Waals surface area contributed by atoms with Crippen molar-refractivity contribution < 1.29 is 9.59 Å². The third-order valence-electron chi connectivity index (χ3n) is 2.58. The van der Waals surface area contributed by atoms with E-state index in [0.717, 1.165) is 11.3 Å². The molecule has 6 nitrogen and oxygen atoms in total. The standard InChI is InChI=1S/C15H22N4O2/c1-11(2)17-14(20)9-15(21)18-16-10-12-5-7-13(8-6-12)19(3)4/h5-8,10-11H,9H2,1-4H3,(H,17,20)(H,18,21)/b16-10-. The van der Waals surface area contributed by atoms with Gasteiger partial charge in [-0.15, -0.1) is 0 Å². The molecule has 1 aromatic rings. The number of hydrogen-bond donors (Lipinski definition) is 2. The molecule has 0 aromatic heterocycles. The molecule has 0 aliphatic rings. The molecule has 1 rings (SSSR count). The Balaban J connectivity index is 2.43. The summed E-state index contributed by atoms with van der Waals surface area (Å²) in [4.78, 5) is 24.8. The highest BCUT2D eigenvalue weighted by Gasteiger charge is 2.08. The summed E-state index contributed by atoms with van der Waals surface area (Å²) < 4.78 is 0. The topological polar surface area (TPSA) is 73.8 Å². The second kappa shape index (κ2) is 8.04. The number of hydrazone groups is 1. The Morgan fingerprint density at radius 1 is 1.19 bits per heavy atom. The molecule has 2 amide bonds. The molecule has 0 saturated carbocycles. The van der Waals surface area contributed by atoms with Crippen LogP contribution in [0.2, 0.25) is 0 Å². The highest BCUT2D eigenvalue weighted by atomic mass is 16.2. The number of carbonyl (C=O) groups is 2. The van der Waals surface area contributed by atoms with Crippen molar-refractivity contribution in [3.8, 4) is 0 Å². The van der Waals surface area contributed by atoms with E-state index in [2.05, 4.69) is 15.8 Å². The third-order valence-corrected chi connectivity index (χ3v) is 2.58. The number of benzene rings is 1. The molecule has 1 aromatic carbocycles. The van der Waals surface area contributed by atoms with Gasteiger partial charge in [0.2, 0.25) is 11.8 Å². The zero-order valence-electron chi connectivity index (χ0n) is 12.9. The lowest BCUT2D eigenvalue weighted by Crippen LogP contribution is -2.34. The van der Waals surface area contributed by atoms with E-state index in [9.17, 15) is 9.59 Å². The average molecular weight is 290 g/mol. The summed E-state index contributed by atoms with van der Waals surface area (Å²) in [5, 5.41) is 6.47. The van der Waals surface area contributed by atoms with Crippen LogP contribution in [-0.2, 0) is 9.59 Å². The Morgan fingerprint density at radius 2 is 1.81 bits per heavy atom. The second-order valence-electron chi connectivity index (χ2n) is 5.18. The molecule has 0 aliphatic heterocycles. The fraction of sp³-hybridized carbons (Fsp3) is 0.400. The van der Waals surface area contributed by atoms with Crippen molar-refractivity contribution in [3.05, 3.63) is 29.8 Å². The van der Waals surface area contributed by atoms with Gasteiger partial charge in [-0.1, -0.05) is 12.1 Å². The Bertz CT molecular complexity index is 507. The number of nitrogens with zero attached hydrogens (tertiary/aromatic N) is 2. The van der Waals surface area contributed by atoms with Crippen molar-refractivity contribution in [2.75, 3.05) is 19.0 Å². The highest BCUT2D eigenvalue weighted by Crippen LogP contribution is 2.10. The van der Waals surface area contributed by atoms with Crippen LogP contribution in [0.1, 0.15) is 25.8 Å². The van der Waals surface area contributed by atoms with Crippen LogP contribution in [-0.4, -0.2) is 38.2 Å². The van der Waals surface area contributed by atoms with Gasteiger partial charge >= 0.3 is 0 Å². The zero-order valence-corrected chi connectivity index (χ0v) is 12.9. The van der Waals surface area contributed by atoms with E-state index in [-0.39, 0.29) is 18.4 Å². The molecule has 2 N–H and O–H groups in total. The van der Waals surface area contributed by atoms with Crippen molar-refractivity contribution >= 4 is 23.7 Å². The number of nitrogens with one attached hydrogen (secondary N) is 2. The Kier molecular flexibility index (Phi) is 6.39. The van der Waals surface area contributed by atoms with E-state index >= 15 is 0 Å². The zero-order chi connectivity index (χ0) is 15.8. The Hall–Kier alpha value is -2.37. The number of rotatable bonds is 6. The van der Waals surface area contributed by atoms with Crippen molar-refractivity contribution in [1.82, 2.24) is 10.7 Å². The van der Waals surface area contributed by atoms with Gasteiger partial charge in [0.05, 0.1) is 6.21 Å². The fourth-order valence-corrected chi connectivity index (χ4v) is 1.60. The van der Waals surface area contributed by atoms with Gasteiger partial charge in [-0.25, -0.2) is 5.43 Å². The van der Waals surface area contributed by atoms with E-state index in [1.165, 1.54) is 6.21 Å². The molecule has 21 heavy (non-hydrogen) atoms. The van der Waals surface area contributed by atoms with Crippen molar-refractivity contribution in [2.24, 2.45) is 5.10 Å². The summed E-state index contributed by atoms with van der Waals surface area (Å²) in [6.45, 7) is 3.68. The van der Waals surface area contributed by atoms with Crippen LogP contribution in [0, 0.1) is 0 Å². The minimum Gasteiger partial charge on any atom is -0.378 e. The first-order valence-corrected chi connectivity index (χ1v) is 6.77. The predicted octanol–water partition coefficient (Wildman–Crippen LogP) is 1.12. The quantitative estimate of drug-likeness (QED) is 0.468. The van der Waals surface area contributed by atoms with Crippen molar-refractivity contribution in [1.29, 1.82) is 0 Å². The molecule has 0 unspecified atom stereocenters. The monoisotopic (exact) mass is 290 g/mol. The molecule has 114 valence electrons. The fourth-order valence-electron chi connectivity index (χ4n) is 1.60. The van der Waals surface area contributed by atoms with Crippen LogP contribution >= 0.6 is 0 Å². The first kappa shape index (κ1) is 16.7. The lowest BCUT2D eigenvalue weighted by molar-refractivity contribution is -0.129. The predicted molar refractivity (Wildman–Crippen MR) is 84.4 cm³/mol. The summed E-state index contributed by atoms with van der Waals surface area (Å²) in [5.41, 5.74) is 4.28. The van der Waals surface area contributed by atoms with Gasteiger partial charge in [0.25, 0.3) is 0 Å². The summed E-state index contributed by atoms with van der Waals surface area (Å²) in [6, 6.07) is 7.73. The van der Waals surface area contributed by atoms with Crippen molar-refractivity contribution in [3.63, 3.8) is 0 Å². The lowest BCUT2D eigenvalue weighted by atomic mass is 10.2. The van der Waals surface area contributed by atoms with Gasteiger partial charge in [-0.3, -0.25) is 9.59 Å². The van der Waals surface area contributed by atoms with Gasteiger partial charge in [0, 0.05) is 25.8 Å². The highest BCUT2D eigenvalue weighted by molar-refractivity contribution is 5.97. The largest absolute Gasteiger partial charge is 0.378 e. The van der Waals surface area contributed by atoms with Gasteiger partial charge in [0.15, 0.2) is 0 Å². The first-order chi connectivity index (χ1) is 9.88. The maximum atomic E-state index is 11.5. The summed E-state index contributed by atoms with van der Waals surface area (Å²) in [7, 11) is 3.93. The van der Waals surface area contributed by atoms with Crippen LogP contribution in [0.4, 0.5) is 5.69 Å². The smallest absolute Gasteiger partial charge is 0.249 e. The van der Waals surface area contributed by atoms with Gasteiger partial charge in [0.1, 0.15) is 6.42 Å². The maximum Gasteiger partial charge on any atom is 0.249 e. The summed E-state index contributed by atoms with van der Waals surface area (Å²) >= 11 is 0. The number of amides is 2. The van der Waals surface area contributed by atoms with E-state index in [1.807, 2.05) is 57.1 Å². The Labute approximate surface area is 125 Å². The molecule has 0 atom stereocenters. The lowest BCUT2D eigenvalue weighted by Gasteiger charge is -2.11. The molecular weight excluding hydrogens is 268 g/mol. The van der Waals surface area contributed by atoms with E-state index < -0.39 is 5.91 Å². The molecule has 6 heteroatoms. The first-order valence-electron chi connectivity index (χ1n) is 6.77.